The molecule has 1 aliphatic rings. The lowest BCUT2D eigenvalue weighted by Gasteiger charge is -2.32. The summed E-state index contributed by atoms with van der Waals surface area (Å²) < 4.78 is 1.67. The summed E-state index contributed by atoms with van der Waals surface area (Å²) in [6.45, 7) is 3.94. The zero-order valence-corrected chi connectivity index (χ0v) is 14.8. The van der Waals surface area contributed by atoms with Crippen molar-refractivity contribution in [3.63, 3.8) is 0 Å². The Morgan fingerprint density at radius 1 is 1.31 bits per heavy atom. The van der Waals surface area contributed by atoms with Crippen LogP contribution in [0.4, 0.5) is 0 Å². The lowest BCUT2D eigenvalue weighted by Crippen LogP contribution is -2.51. The van der Waals surface area contributed by atoms with Crippen LogP contribution in [-0.2, 0) is 0 Å². The maximum absolute atomic E-state index is 13.2. The summed E-state index contributed by atoms with van der Waals surface area (Å²) in [5, 5.41) is 13.9. The van der Waals surface area contributed by atoms with E-state index in [0.717, 1.165) is 6.54 Å². The molecule has 0 bridgehead atoms. The molecule has 0 radical (unpaired) electrons. The molecule has 0 aliphatic carbocycles. The molecule has 1 aromatic carbocycles. The second-order valence-corrected chi connectivity index (χ2v) is 6.92. The highest BCUT2D eigenvalue weighted by molar-refractivity contribution is 6.31. The van der Waals surface area contributed by atoms with E-state index in [2.05, 4.69) is 10.3 Å². The number of piperazine rings is 1. The minimum absolute atomic E-state index is 0.0791. The average molecular weight is 373 g/mol. The number of aromatic nitrogens is 2. The predicted molar refractivity (Wildman–Crippen MR) is 98.0 cm³/mol. The van der Waals surface area contributed by atoms with E-state index < -0.39 is 5.97 Å². The minimum atomic E-state index is -1.13. The van der Waals surface area contributed by atoms with Gasteiger partial charge in [-0.2, -0.15) is 0 Å². The van der Waals surface area contributed by atoms with Crippen molar-refractivity contribution in [1.29, 1.82) is 0 Å². The zero-order chi connectivity index (χ0) is 18.4. The van der Waals surface area contributed by atoms with Gasteiger partial charge in [0.15, 0.2) is 5.69 Å². The third-order valence-electron chi connectivity index (χ3n) is 4.68. The summed E-state index contributed by atoms with van der Waals surface area (Å²) >= 11 is 6.16. The van der Waals surface area contributed by atoms with Crippen molar-refractivity contribution in [2.45, 2.75) is 13.0 Å². The van der Waals surface area contributed by atoms with Crippen molar-refractivity contribution in [2.24, 2.45) is 0 Å². The number of amides is 1. The van der Waals surface area contributed by atoms with Crippen LogP contribution in [0, 0.1) is 0 Å². The topological polar surface area (TPSA) is 86.9 Å². The number of aromatic carboxylic acids is 1. The molecular weight excluding hydrogens is 356 g/mol. The van der Waals surface area contributed by atoms with Gasteiger partial charge in [0.25, 0.3) is 5.91 Å². The number of hydrogen-bond acceptors (Lipinski definition) is 4. The van der Waals surface area contributed by atoms with Crippen LogP contribution in [-0.4, -0.2) is 56.9 Å². The molecule has 1 atom stereocenters. The van der Waals surface area contributed by atoms with Gasteiger partial charge in [-0.05, 0) is 31.2 Å². The number of pyridine rings is 1. The maximum atomic E-state index is 13.2. The molecule has 7 nitrogen and oxygen atoms in total. The molecule has 1 fully saturated rings. The molecule has 8 heteroatoms. The van der Waals surface area contributed by atoms with E-state index in [1.54, 1.807) is 33.6 Å². The number of halogens is 1. The van der Waals surface area contributed by atoms with Crippen LogP contribution in [0.5, 0.6) is 0 Å². The molecule has 0 spiro atoms. The summed E-state index contributed by atoms with van der Waals surface area (Å²) in [7, 11) is 0. The quantitative estimate of drug-likeness (QED) is 0.720. The van der Waals surface area contributed by atoms with Crippen molar-refractivity contribution in [3.8, 4) is 0 Å². The molecule has 26 heavy (non-hydrogen) atoms. The van der Waals surface area contributed by atoms with E-state index in [9.17, 15) is 14.7 Å². The van der Waals surface area contributed by atoms with E-state index in [1.165, 1.54) is 6.33 Å². The zero-order valence-electron chi connectivity index (χ0n) is 14.1. The molecule has 134 valence electrons. The summed E-state index contributed by atoms with van der Waals surface area (Å²) in [4.78, 5) is 30.5. The number of nitrogens with zero attached hydrogens (tertiary/aromatic N) is 3. The van der Waals surface area contributed by atoms with Crippen molar-refractivity contribution in [2.75, 3.05) is 19.6 Å². The largest absolute Gasteiger partial charge is 0.476 e. The number of carbonyl (C=O) groups excluding carboxylic acids is 1. The lowest BCUT2D eigenvalue weighted by atomic mass is 10.1. The first-order valence-electron chi connectivity index (χ1n) is 8.31. The Kier molecular flexibility index (Phi) is 4.05. The molecule has 3 aromatic rings. The number of rotatable bonds is 2. The van der Waals surface area contributed by atoms with Crippen molar-refractivity contribution in [1.82, 2.24) is 19.6 Å². The van der Waals surface area contributed by atoms with Gasteiger partial charge in [0.1, 0.15) is 6.33 Å². The standard InChI is InChI=1S/C18H17ClN4O3/c1-10-8-22(5-4-20-10)17(24)13-7-15-16(18(25)26)21-9-23(15)14-3-2-11(19)6-12(13)14/h2-3,6-7,9-10,20H,4-5,8H2,1H3,(H,25,26)/t10-/m1/s1. The van der Waals surface area contributed by atoms with E-state index in [1.807, 2.05) is 6.92 Å². The molecule has 0 unspecified atom stereocenters. The summed E-state index contributed by atoms with van der Waals surface area (Å²) in [5.74, 6) is -1.26. The molecule has 2 N–H and O–H groups in total. The van der Waals surface area contributed by atoms with Gasteiger partial charge in [0.05, 0.1) is 16.6 Å². The normalized spacial score (nSPS) is 17.8. The SMILES string of the molecule is C[C@@H]1CN(C(=O)c2cc3c(C(=O)O)ncn3c3ccc(Cl)cc23)CCN1. The van der Waals surface area contributed by atoms with Crippen molar-refractivity contribution >= 4 is 39.9 Å². The minimum Gasteiger partial charge on any atom is -0.476 e. The van der Waals surface area contributed by atoms with E-state index >= 15 is 0 Å². The highest BCUT2D eigenvalue weighted by Crippen LogP contribution is 2.28. The molecule has 4 rings (SSSR count). The van der Waals surface area contributed by atoms with Crippen molar-refractivity contribution < 1.29 is 14.7 Å². The van der Waals surface area contributed by atoms with Crippen LogP contribution in [0.1, 0.15) is 27.8 Å². The fourth-order valence-corrected chi connectivity index (χ4v) is 3.64. The Hall–Kier alpha value is -2.64. The summed E-state index contributed by atoms with van der Waals surface area (Å²) in [6.07, 6.45) is 1.45. The number of nitrogens with one attached hydrogen (secondary N) is 1. The van der Waals surface area contributed by atoms with Gasteiger partial charge >= 0.3 is 5.97 Å². The number of carboxylic acids is 1. The maximum Gasteiger partial charge on any atom is 0.356 e. The summed E-state index contributed by atoms with van der Waals surface area (Å²) in [5.41, 5.74) is 1.44. The number of carbonyl (C=O) groups is 2. The van der Waals surface area contributed by atoms with Crippen LogP contribution in [0.3, 0.4) is 0 Å². The third kappa shape index (κ3) is 2.69. The first-order chi connectivity index (χ1) is 12.5. The Bertz CT molecular complexity index is 1050. The molecule has 1 amide bonds. The Balaban J connectivity index is 1.96. The highest BCUT2D eigenvalue weighted by atomic mass is 35.5. The first kappa shape index (κ1) is 16.8. The fraction of sp³-hybridized carbons (Fsp3) is 0.278. The second-order valence-electron chi connectivity index (χ2n) is 6.48. The molecule has 1 saturated heterocycles. The Morgan fingerprint density at radius 3 is 2.85 bits per heavy atom. The number of benzene rings is 1. The van der Waals surface area contributed by atoms with E-state index in [0.29, 0.717) is 40.1 Å². The van der Waals surface area contributed by atoms with Crippen LogP contribution in [0.25, 0.3) is 16.4 Å². The van der Waals surface area contributed by atoms with E-state index in [-0.39, 0.29) is 17.6 Å². The second kappa shape index (κ2) is 6.26. The molecule has 2 aromatic heterocycles. The van der Waals surface area contributed by atoms with Gasteiger partial charge in [0.2, 0.25) is 0 Å². The Morgan fingerprint density at radius 2 is 2.12 bits per heavy atom. The monoisotopic (exact) mass is 372 g/mol. The lowest BCUT2D eigenvalue weighted by molar-refractivity contribution is 0.0688. The van der Waals surface area contributed by atoms with Gasteiger partial charge < -0.3 is 15.3 Å². The predicted octanol–water partition coefficient (Wildman–Crippen LogP) is 2.27. The molecule has 1 aliphatic heterocycles. The third-order valence-corrected chi connectivity index (χ3v) is 4.92. The van der Waals surface area contributed by atoms with E-state index in [4.69, 9.17) is 11.6 Å². The highest BCUT2D eigenvalue weighted by Gasteiger charge is 2.25. The smallest absolute Gasteiger partial charge is 0.356 e. The number of imidazole rings is 1. The average Bonchev–Trinajstić information content (AvgIpc) is 3.04. The van der Waals surface area contributed by atoms with Crippen LogP contribution < -0.4 is 5.32 Å². The van der Waals surface area contributed by atoms with Crippen LogP contribution >= 0.6 is 11.6 Å². The molecule has 0 saturated carbocycles. The first-order valence-corrected chi connectivity index (χ1v) is 8.69. The Labute approximate surface area is 154 Å². The fourth-order valence-electron chi connectivity index (χ4n) is 3.47. The van der Waals surface area contributed by atoms with Gasteiger partial charge in [-0.1, -0.05) is 11.6 Å². The molecular formula is C18H17ClN4O3. The van der Waals surface area contributed by atoms with Gasteiger partial charge in [0, 0.05) is 36.1 Å². The van der Waals surface area contributed by atoms with Gasteiger partial charge in [-0.15, -0.1) is 0 Å². The van der Waals surface area contributed by atoms with Crippen molar-refractivity contribution in [3.05, 3.63) is 46.9 Å². The van der Waals surface area contributed by atoms with Crippen LogP contribution in [0.15, 0.2) is 30.6 Å². The molecule has 3 heterocycles. The number of carboxylic acid groups (broad SMARTS) is 1. The van der Waals surface area contributed by atoms with Crippen LogP contribution in [0.2, 0.25) is 5.02 Å². The summed E-state index contributed by atoms with van der Waals surface area (Å²) in [6, 6.07) is 7.02. The number of fused-ring (bicyclic) bond motifs is 3. The number of hydrogen-bond donors (Lipinski definition) is 2. The van der Waals surface area contributed by atoms with Gasteiger partial charge in [-0.3, -0.25) is 9.20 Å². The van der Waals surface area contributed by atoms with Gasteiger partial charge in [-0.25, -0.2) is 9.78 Å².